The predicted octanol–water partition coefficient (Wildman–Crippen LogP) is 4.95. The molecule has 33 heavy (non-hydrogen) atoms. The van der Waals surface area contributed by atoms with Crippen LogP contribution in [-0.2, 0) is 4.79 Å². The molecule has 7 nitrogen and oxygen atoms in total. The van der Waals surface area contributed by atoms with E-state index in [-0.39, 0.29) is 11.3 Å². The molecule has 0 fully saturated rings. The zero-order valence-corrected chi connectivity index (χ0v) is 19.6. The number of nitrogens with zero attached hydrogens (tertiary/aromatic N) is 2. The van der Waals surface area contributed by atoms with Gasteiger partial charge in [0.1, 0.15) is 23.1 Å². The molecule has 1 aliphatic heterocycles. The Labute approximate surface area is 193 Å². The summed E-state index contributed by atoms with van der Waals surface area (Å²) in [6, 6.07) is 10.0. The number of aliphatic hydroxyl groups excluding tert-OH is 1. The normalized spacial score (nSPS) is 16.6. The maximum atomic E-state index is 13.5. The molecule has 1 N–H and O–H groups in total. The number of amides is 1. The minimum absolute atomic E-state index is 0.00651. The first-order valence-electron chi connectivity index (χ1n) is 11.4. The molecular formula is C26H30N2O5. The average molecular weight is 451 g/mol. The minimum atomic E-state index is -0.801. The number of furan rings is 2. The van der Waals surface area contributed by atoms with Gasteiger partial charge in [0, 0.05) is 11.9 Å². The van der Waals surface area contributed by atoms with Crippen LogP contribution in [0.3, 0.4) is 0 Å². The number of carbonyl (C=O) groups is 2. The van der Waals surface area contributed by atoms with Crippen molar-refractivity contribution in [1.29, 1.82) is 0 Å². The summed E-state index contributed by atoms with van der Waals surface area (Å²) in [6.07, 6.45) is 0.711. The standard InChI is InChI=1S/C26H30N2O5/c1-5-27(6-2)12-7-13-28-23(20-11-9-17(4)32-20)22(25(30)26(28)31)24(29)21-15-18-14-16(3)8-10-19(18)33-21/h8-11,14-15,23,30H,5-7,12-13H2,1-4H3. The van der Waals surface area contributed by atoms with Gasteiger partial charge in [0.05, 0.1) is 5.57 Å². The monoisotopic (exact) mass is 450 g/mol. The highest BCUT2D eigenvalue weighted by Crippen LogP contribution is 2.40. The van der Waals surface area contributed by atoms with Crippen LogP contribution >= 0.6 is 0 Å². The van der Waals surface area contributed by atoms with Gasteiger partial charge in [0.15, 0.2) is 11.5 Å². The van der Waals surface area contributed by atoms with Gasteiger partial charge in [-0.3, -0.25) is 9.59 Å². The van der Waals surface area contributed by atoms with Crippen LogP contribution in [0.1, 0.15) is 53.9 Å². The first-order chi connectivity index (χ1) is 15.8. The van der Waals surface area contributed by atoms with Crippen LogP contribution in [0.2, 0.25) is 0 Å². The Kier molecular flexibility index (Phi) is 6.42. The summed E-state index contributed by atoms with van der Waals surface area (Å²) in [6.45, 7) is 11.0. The fraction of sp³-hybridized carbons (Fsp3) is 0.385. The number of hydrogen-bond acceptors (Lipinski definition) is 6. The lowest BCUT2D eigenvalue weighted by atomic mass is 9.99. The molecule has 7 heteroatoms. The van der Waals surface area contributed by atoms with Gasteiger partial charge in [-0.15, -0.1) is 0 Å². The zero-order chi connectivity index (χ0) is 23.7. The zero-order valence-electron chi connectivity index (χ0n) is 19.6. The van der Waals surface area contributed by atoms with E-state index in [2.05, 4.69) is 18.7 Å². The quantitative estimate of drug-likeness (QED) is 0.464. The molecule has 1 unspecified atom stereocenters. The van der Waals surface area contributed by atoms with Gasteiger partial charge in [-0.1, -0.05) is 25.5 Å². The highest BCUT2D eigenvalue weighted by Gasteiger charge is 2.45. The van der Waals surface area contributed by atoms with Crippen molar-refractivity contribution in [2.45, 2.75) is 40.2 Å². The fourth-order valence-electron chi connectivity index (χ4n) is 4.42. The van der Waals surface area contributed by atoms with E-state index in [1.807, 2.05) is 25.1 Å². The molecule has 4 rings (SSSR count). The largest absolute Gasteiger partial charge is 0.503 e. The molecule has 3 aromatic rings. The Morgan fingerprint density at radius 1 is 1.09 bits per heavy atom. The molecule has 0 bridgehead atoms. The fourth-order valence-corrected chi connectivity index (χ4v) is 4.42. The third-order valence-corrected chi connectivity index (χ3v) is 6.24. The smallest absolute Gasteiger partial charge is 0.290 e. The third-order valence-electron chi connectivity index (χ3n) is 6.24. The molecule has 174 valence electrons. The van der Waals surface area contributed by atoms with Crippen molar-refractivity contribution >= 4 is 22.7 Å². The van der Waals surface area contributed by atoms with Gasteiger partial charge in [-0.25, -0.2) is 0 Å². The van der Waals surface area contributed by atoms with Crippen LogP contribution in [0.25, 0.3) is 11.0 Å². The number of hydrogen-bond donors (Lipinski definition) is 1. The number of ketones is 1. The second kappa shape index (κ2) is 9.27. The van der Waals surface area contributed by atoms with Gasteiger partial charge in [0.25, 0.3) is 5.91 Å². The summed E-state index contributed by atoms with van der Waals surface area (Å²) in [5, 5.41) is 11.6. The highest BCUT2D eigenvalue weighted by molar-refractivity contribution is 6.15. The molecule has 3 heterocycles. The maximum Gasteiger partial charge on any atom is 0.290 e. The van der Waals surface area contributed by atoms with Gasteiger partial charge in [-0.05, 0) is 70.2 Å². The molecule has 1 aliphatic rings. The van der Waals surface area contributed by atoms with E-state index in [4.69, 9.17) is 8.83 Å². The summed E-state index contributed by atoms with van der Waals surface area (Å²) < 4.78 is 11.6. The summed E-state index contributed by atoms with van der Waals surface area (Å²) in [5.74, 6) is -0.424. The average Bonchev–Trinajstić information content (AvgIpc) is 3.48. The second-order valence-electron chi connectivity index (χ2n) is 8.47. The Hall–Kier alpha value is -3.32. The van der Waals surface area contributed by atoms with Crippen molar-refractivity contribution < 1.29 is 23.5 Å². The van der Waals surface area contributed by atoms with Crippen molar-refractivity contribution in [2.24, 2.45) is 0 Å². The molecule has 0 aliphatic carbocycles. The van der Waals surface area contributed by atoms with Crippen LogP contribution in [0, 0.1) is 13.8 Å². The number of fused-ring (bicyclic) bond motifs is 1. The van der Waals surface area contributed by atoms with Crippen LogP contribution in [0.4, 0.5) is 0 Å². The van der Waals surface area contributed by atoms with E-state index in [0.717, 1.165) is 30.6 Å². The molecular weight excluding hydrogens is 420 g/mol. The van der Waals surface area contributed by atoms with Crippen molar-refractivity contribution in [3.05, 3.63) is 70.6 Å². The van der Waals surface area contributed by atoms with E-state index in [9.17, 15) is 14.7 Å². The molecule has 0 spiro atoms. The van der Waals surface area contributed by atoms with E-state index in [0.29, 0.717) is 30.1 Å². The minimum Gasteiger partial charge on any atom is -0.503 e. The van der Waals surface area contributed by atoms with Crippen molar-refractivity contribution in [3.8, 4) is 0 Å². The lowest BCUT2D eigenvalue weighted by Crippen LogP contribution is -2.34. The molecule has 1 atom stereocenters. The van der Waals surface area contributed by atoms with E-state index < -0.39 is 23.5 Å². The Morgan fingerprint density at radius 2 is 1.85 bits per heavy atom. The van der Waals surface area contributed by atoms with Crippen LogP contribution in [0.5, 0.6) is 0 Å². The number of carbonyl (C=O) groups excluding carboxylic acids is 2. The van der Waals surface area contributed by atoms with Crippen LogP contribution < -0.4 is 0 Å². The summed E-state index contributed by atoms with van der Waals surface area (Å²) in [7, 11) is 0. The number of benzene rings is 1. The Morgan fingerprint density at radius 3 is 2.52 bits per heavy atom. The van der Waals surface area contributed by atoms with Gasteiger partial charge in [0.2, 0.25) is 5.78 Å². The van der Waals surface area contributed by atoms with Gasteiger partial charge < -0.3 is 23.7 Å². The second-order valence-corrected chi connectivity index (χ2v) is 8.47. The predicted molar refractivity (Wildman–Crippen MR) is 125 cm³/mol. The van der Waals surface area contributed by atoms with E-state index in [1.54, 1.807) is 25.1 Å². The summed E-state index contributed by atoms with van der Waals surface area (Å²) >= 11 is 0. The van der Waals surface area contributed by atoms with Crippen molar-refractivity contribution in [1.82, 2.24) is 9.80 Å². The third kappa shape index (κ3) is 4.33. The number of aliphatic hydroxyl groups is 1. The summed E-state index contributed by atoms with van der Waals surface area (Å²) in [5.41, 5.74) is 1.62. The van der Waals surface area contributed by atoms with Crippen LogP contribution in [-0.4, -0.2) is 52.8 Å². The molecule has 2 aromatic heterocycles. The van der Waals surface area contributed by atoms with E-state index in [1.165, 1.54) is 4.90 Å². The van der Waals surface area contributed by atoms with Crippen molar-refractivity contribution in [2.75, 3.05) is 26.2 Å². The molecule has 0 saturated carbocycles. The Bertz CT molecular complexity index is 1210. The molecule has 0 saturated heterocycles. The Balaban J connectivity index is 1.68. The molecule has 1 amide bonds. The van der Waals surface area contributed by atoms with Gasteiger partial charge >= 0.3 is 0 Å². The van der Waals surface area contributed by atoms with Crippen molar-refractivity contribution in [3.63, 3.8) is 0 Å². The summed E-state index contributed by atoms with van der Waals surface area (Å²) in [4.78, 5) is 30.4. The topological polar surface area (TPSA) is 87.1 Å². The SMILES string of the molecule is CCN(CC)CCCN1C(=O)C(O)=C(C(=O)c2cc3cc(C)ccc3o2)C1c1ccc(C)o1. The van der Waals surface area contributed by atoms with E-state index >= 15 is 0 Å². The van der Waals surface area contributed by atoms with Crippen LogP contribution in [0.15, 0.2) is 56.6 Å². The number of aryl methyl sites for hydroxylation is 2. The highest BCUT2D eigenvalue weighted by atomic mass is 16.4. The lowest BCUT2D eigenvalue weighted by Gasteiger charge is -2.26. The lowest BCUT2D eigenvalue weighted by molar-refractivity contribution is -0.129. The maximum absolute atomic E-state index is 13.5. The first-order valence-corrected chi connectivity index (χ1v) is 11.4. The number of Topliss-reactive ketones (excluding diaryl/α,β-unsaturated/α-hetero) is 1. The molecule has 1 aromatic carbocycles. The first kappa shape index (κ1) is 22.9. The van der Waals surface area contributed by atoms with Gasteiger partial charge in [-0.2, -0.15) is 0 Å². The molecule has 0 radical (unpaired) electrons. The number of rotatable bonds is 9.